The summed E-state index contributed by atoms with van der Waals surface area (Å²) in [6.45, 7) is 0.723. The zero-order valence-electron chi connectivity index (χ0n) is 14.8. The van der Waals surface area contributed by atoms with Crippen molar-refractivity contribution in [2.75, 3.05) is 13.3 Å². The molecule has 2 atom stereocenters. The minimum Gasteiger partial charge on any atom is -0.354 e. The molecule has 1 aromatic carbocycles. The van der Waals surface area contributed by atoms with Crippen LogP contribution >= 0.6 is 11.8 Å². The summed E-state index contributed by atoms with van der Waals surface area (Å²) in [6.07, 6.45) is 8.79. The number of rotatable bonds is 5. The highest BCUT2D eigenvalue weighted by atomic mass is 32.2. The summed E-state index contributed by atoms with van der Waals surface area (Å²) in [5, 5.41) is 14.6. The average molecular weight is 359 g/mol. The van der Waals surface area contributed by atoms with E-state index in [0.29, 0.717) is 6.04 Å². The monoisotopic (exact) mass is 358 g/mol. The number of H-pyrrole nitrogens is 1. The lowest BCUT2D eigenvalue weighted by molar-refractivity contribution is 0.419. The molecule has 2 aromatic rings. The van der Waals surface area contributed by atoms with Gasteiger partial charge in [-0.25, -0.2) is 4.98 Å². The Labute approximate surface area is 153 Å². The van der Waals surface area contributed by atoms with Gasteiger partial charge in [0.1, 0.15) is 6.33 Å². The smallest absolute Gasteiger partial charge is 0.191 e. The highest BCUT2D eigenvalue weighted by Crippen LogP contribution is 2.26. The van der Waals surface area contributed by atoms with Crippen LogP contribution in [0.2, 0.25) is 0 Å². The van der Waals surface area contributed by atoms with Crippen molar-refractivity contribution >= 4 is 17.7 Å². The number of benzene rings is 1. The van der Waals surface area contributed by atoms with Gasteiger partial charge in [0.2, 0.25) is 0 Å². The molecule has 1 saturated carbocycles. The van der Waals surface area contributed by atoms with E-state index in [1.165, 1.54) is 37.6 Å². The van der Waals surface area contributed by atoms with Crippen LogP contribution < -0.4 is 10.6 Å². The number of nitrogens with one attached hydrogen (secondary N) is 3. The fourth-order valence-electron chi connectivity index (χ4n) is 3.24. The Kier molecular flexibility index (Phi) is 6.33. The zero-order valence-corrected chi connectivity index (χ0v) is 15.6. The lowest BCUT2D eigenvalue weighted by Gasteiger charge is -2.29. The van der Waals surface area contributed by atoms with Crippen molar-refractivity contribution in [2.24, 2.45) is 4.99 Å². The van der Waals surface area contributed by atoms with Crippen LogP contribution in [0.5, 0.6) is 0 Å². The van der Waals surface area contributed by atoms with Gasteiger partial charge in [-0.1, -0.05) is 24.6 Å². The van der Waals surface area contributed by atoms with Crippen LogP contribution in [0.3, 0.4) is 0 Å². The number of thioether (sulfide) groups is 1. The van der Waals surface area contributed by atoms with Crippen LogP contribution in [0.25, 0.3) is 11.4 Å². The summed E-state index contributed by atoms with van der Waals surface area (Å²) >= 11 is 1.98. The van der Waals surface area contributed by atoms with Gasteiger partial charge in [-0.2, -0.15) is 16.9 Å². The summed E-state index contributed by atoms with van der Waals surface area (Å²) in [5.41, 5.74) is 2.22. The van der Waals surface area contributed by atoms with Gasteiger partial charge >= 0.3 is 0 Å². The maximum Gasteiger partial charge on any atom is 0.191 e. The third kappa shape index (κ3) is 4.98. The maximum atomic E-state index is 4.38. The van der Waals surface area contributed by atoms with Gasteiger partial charge in [-0.3, -0.25) is 10.1 Å². The molecule has 0 bridgehead atoms. The van der Waals surface area contributed by atoms with Gasteiger partial charge in [0, 0.05) is 30.4 Å². The largest absolute Gasteiger partial charge is 0.354 e. The van der Waals surface area contributed by atoms with Crippen molar-refractivity contribution in [1.29, 1.82) is 0 Å². The first-order chi connectivity index (χ1) is 12.3. The summed E-state index contributed by atoms with van der Waals surface area (Å²) in [6, 6.07) is 8.80. The van der Waals surface area contributed by atoms with Gasteiger partial charge in [0.15, 0.2) is 11.8 Å². The molecule has 1 fully saturated rings. The molecule has 3 N–H and O–H groups in total. The molecule has 0 radical (unpaired) electrons. The predicted octanol–water partition coefficient (Wildman–Crippen LogP) is 2.81. The van der Waals surface area contributed by atoms with Crippen LogP contribution in [0, 0.1) is 0 Å². The van der Waals surface area contributed by atoms with Crippen LogP contribution in [0.1, 0.15) is 31.2 Å². The van der Waals surface area contributed by atoms with Crippen molar-refractivity contribution in [1.82, 2.24) is 25.8 Å². The molecular weight excluding hydrogens is 332 g/mol. The second-order valence-electron chi connectivity index (χ2n) is 6.33. The van der Waals surface area contributed by atoms with E-state index in [2.05, 4.69) is 49.2 Å². The molecule has 3 rings (SSSR count). The minimum atomic E-state index is 0.512. The quantitative estimate of drug-likeness (QED) is 0.566. The number of aliphatic imine (C=N–C) groups is 1. The van der Waals surface area contributed by atoms with Crippen molar-refractivity contribution in [3.05, 3.63) is 36.2 Å². The van der Waals surface area contributed by atoms with Gasteiger partial charge < -0.3 is 10.6 Å². The SMILES string of the molecule is CN=C(NCc1cccc(-c2ncn[nH]2)c1)NC1CCCC(SC)C1. The molecule has 134 valence electrons. The van der Waals surface area contributed by atoms with Crippen molar-refractivity contribution in [2.45, 2.75) is 43.5 Å². The van der Waals surface area contributed by atoms with Gasteiger partial charge in [0.05, 0.1) is 0 Å². The summed E-state index contributed by atoms with van der Waals surface area (Å²) in [7, 11) is 1.83. The summed E-state index contributed by atoms with van der Waals surface area (Å²) in [4.78, 5) is 8.59. The molecule has 6 nitrogen and oxygen atoms in total. The second kappa shape index (κ2) is 8.89. The number of nitrogens with zero attached hydrogens (tertiary/aromatic N) is 3. The highest BCUT2D eigenvalue weighted by Gasteiger charge is 2.21. The Morgan fingerprint density at radius 1 is 1.40 bits per heavy atom. The summed E-state index contributed by atoms with van der Waals surface area (Å²) < 4.78 is 0. The first-order valence-corrected chi connectivity index (χ1v) is 10.0. The Bertz CT molecular complexity index is 685. The van der Waals surface area contributed by atoms with Crippen molar-refractivity contribution in [3.63, 3.8) is 0 Å². The fourth-order valence-corrected chi connectivity index (χ4v) is 4.06. The van der Waals surface area contributed by atoms with E-state index in [4.69, 9.17) is 0 Å². The minimum absolute atomic E-state index is 0.512. The molecule has 0 aliphatic heterocycles. The number of hydrogen-bond acceptors (Lipinski definition) is 4. The Hall–Kier alpha value is -2.02. The van der Waals surface area contributed by atoms with Gasteiger partial charge in [0.25, 0.3) is 0 Å². The number of hydrogen-bond donors (Lipinski definition) is 3. The Morgan fingerprint density at radius 3 is 3.08 bits per heavy atom. The lowest BCUT2D eigenvalue weighted by atomic mass is 9.95. The first-order valence-electron chi connectivity index (χ1n) is 8.73. The maximum absolute atomic E-state index is 4.38. The summed E-state index contributed by atoms with van der Waals surface area (Å²) in [5.74, 6) is 1.66. The number of aromatic amines is 1. The molecule has 2 unspecified atom stereocenters. The molecule has 0 saturated heterocycles. The van der Waals surface area contributed by atoms with Crippen molar-refractivity contribution in [3.8, 4) is 11.4 Å². The van der Waals surface area contributed by atoms with Crippen LogP contribution in [-0.2, 0) is 6.54 Å². The Morgan fingerprint density at radius 2 is 2.32 bits per heavy atom. The normalized spacial score (nSPS) is 21.1. The Balaban J connectivity index is 1.55. The van der Waals surface area contributed by atoms with Crippen LogP contribution in [0.15, 0.2) is 35.6 Å². The van der Waals surface area contributed by atoms with Gasteiger partial charge in [-0.05, 0) is 37.1 Å². The first kappa shape index (κ1) is 17.8. The standard InChI is InChI=1S/C18H26N6S/c1-19-18(23-15-7-4-8-16(10-15)25-2)20-11-13-5-3-6-14(9-13)17-21-12-22-24-17/h3,5-6,9,12,15-16H,4,7-8,10-11H2,1-2H3,(H2,19,20,23)(H,21,22,24). The zero-order chi connectivity index (χ0) is 17.5. The molecule has 7 heteroatoms. The molecular formula is C18H26N6S. The van der Waals surface area contributed by atoms with Crippen LogP contribution in [-0.4, -0.2) is 45.7 Å². The van der Waals surface area contributed by atoms with Crippen LogP contribution in [0.4, 0.5) is 0 Å². The third-order valence-electron chi connectivity index (χ3n) is 4.60. The van der Waals surface area contributed by atoms with E-state index in [-0.39, 0.29) is 0 Å². The van der Waals surface area contributed by atoms with E-state index < -0.39 is 0 Å². The second-order valence-corrected chi connectivity index (χ2v) is 7.46. The molecule has 0 spiro atoms. The van der Waals surface area contributed by atoms with E-state index in [1.807, 2.05) is 30.9 Å². The van der Waals surface area contributed by atoms with Gasteiger partial charge in [-0.15, -0.1) is 0 Å². The molecule has 0 amide bonds. The number of aromatic nitrogens is 3. The molecule has 1 aliphatic rings. The fraction of sp³-hybridized carbons (Fsp3) is 0.500. The predicted molar refractivity (Wildman–Crippen MR) is 105 cm³/mol. The topological polar surface area (TPSA) is 78.0 Å². The van der Waals surface area contributed by atoms with E-state index in [9.17, 15) is 0 Å². The highest BCUT2D eigenvalue weighted by molar-refractivity contribution is 7.99. The lowest BCUT2D eigenvalue weighted by Crippen LogP contribution is -2.45. The molecule has 1 aromatic heterocycles. The van der Waals surface area contributed by atoms with E-state index in [1.54, 1.807) is 0 Å². The molecule has 1 aliphatic carbocycles. The molecule has 1 heterocycles. The third-order valence-corrected chi connectivity index (χ3v) is 5.69. The average Bonchev–Trinajstić information content (AvgIpc) is 3.20. The van der Waals surface area contributed by atoms with E-state index >= 15 is 0 Å². The van der Waals surface area contributed by atoms with E-state index in [0.717, 1.165) is 29.1 Å². The molecule has 25 heavy (non-hydrogen) atoms. The number of guanidine groups is 1. The van der Waals surface area contributed by atoms with Crippen molar-refractivity contribution < 1.29 is 0 Å².